The molecule has 0 saturated heterocycles. The highest BCUT2D eigenvalue weighted by atomic mass is 16.3. The van der Waals surface area contributed by atoms with E-state index in [2.05, 4.69) is 10.2 Å². The van der Waals surface area contributed by atoms with Gasteiger partial charge in [0.15, 0.2) is 5.69 Å². The van der Waals surface area contributed by atoms with Crippen molar-refractivity contribution in [3.8, 4) is 11.4 Å². The van der Waals surface area contributed by atoms with Crippen LogP contribution in [-0.4, -0.2) is 14.5 Å². The molecule has 3 rings (SSSR count). The van der Waals surface area contributed by atoms with E-state index in [1.54, 1.807) is 21.5 Å². The third kappa shape index (κ3) is 2.78. The Morgan fingerprint density at radius 1 is 0.957 bits per heavy atom. The second-order valence-electron chi connectivity index (χ2n) is 5.13. The summed E-state index contributed by atoms with van der Waals surface area (Å²) in [7, 11) is 1.81. The largest absolute Gasteiger partial charge is 0.508 e. The van der Waals surface area contributed by atoms with Crippen molar-refractivity contribution in [2.24, 2.45) is 17.3 Å². The lowest BCUT2D eigenvalue weighted by Gasteiger charge is -2.07. The van der Waals surface area contributed by atoms with Crippen LogP contribution in [0.5, 0.6) is 5.75 Å². The molecule has 0 unspecified atom stereocenters. The van der Waals surface area contributed by atoms with Crippen molar-refractivity contribution >= 4 is 11.4 Å². The third-order valence-corrected chi connectivity index (χ3v) is 3.64. The average Bonchev–Trinajstić information content (AvgIpc) is 2.78. The van der Waals surface area contributed by atoms with E-state index in [1.165, 1.54) is 12.1 Å². The second-order valence-corrected chi connectivity index (χ2v) is 5.13. The lowest BCUT2D eigenvalue weighted by molar-refractivity contribution is 0.475. The molecule has 1 heterocycles. The molecule has 0 atom stereocenters. The summed E-state index contributed by atoms with van der Waals surface area (Å²) < 4.78 is 3.31. The van der Waals surface area contributed by atoms with E-state index in [9.17, 15) is 9.90 Å². The van der Waals surface area contributed by atoms with Gasteiger partial charge in [-0.25, -0.2) is 4.68 Å². The molecule has 1 aromatic heterocycles. The molecule has 23 heavy (non-hydrogen) atoms. The summed E-state index contributed by atoms with van der Waals surface area (Å²) in [5, 5.41) is 17.4. The van der Waals surface area contributed by atoms with Gasteiger partial charge in [0.2, 0.25) is 0 Å². The van der Waals surface area contributed by atoms with Crippen molar-refractivity contribution in [3.63, 3.8) is 0 Å². The highest BCUT2D eigenvalue weighted by Gasteiger charge is 2.15. The summed E-state index contributed by atoms with van der Waals surface area (Å²) in [6.45, 7) is 1.83. The smallest absolute Gasteiger partial charge is 0.299 e. The first kappa shape index (κ1) is 14.8. The van der Waals surface area contributed by atoms with Crippen LogP contribution in [0, 0.1) is 6.92 Å². The maximum absolute atomic E-state index is 12.6. The Labute approximate surface area is 132 Å². The van der Waals surface area contributed by atoms with E-state index in [0.717, 1.165) is 11.4 Å². The monoisotopic (exact) mass is 308 g/mol. The van der Waals surface area contributed by atoms with Gasteiger partial charge in [0.25, 0.3) is 5.56 Å². The molecule has 6 nitrogen and oxygen atoms in total. The van der Waals surface area contributed by atoms with Gasteiger partial charge in [-0.15, -0.1) is 5.11 Å². The normalized spacial score (nSPS) is 11.2. The molecule has 0 amide bonds. The highest BCUT2D eigenvalue weighted by molar-refractivity contribution is 5.45. The van der Waals surface area contributed by atoms with Crippen molar-refractivity contribution < 1.29 is 5.11 Å². The molecule has 0 aliphatic carbocycles. The number of rotatable bonds is 3. The summed E-state index contributed by atoms with van der Waals surface area (Å²) in [5.41, 5.74) is 2.13. The first-order chi connectivity index (χ1) is 11.1. The first-order valence-electron chi connectivity index (χ1n) is 7.13. The Balaban J connectivity index is 2.04. The lowest BCUT2D eigenvalue weighted by atomic mass is 10.3. The molecule has 3 aromatic rings. The predicted molar refractivity (Wildman–Crippen MR) is 88.0 cm³/mol. The third-order valence-electron chi connectivity index (χ3n) is 3.64. The summed E-state index contributed by atoms with van der Waals surface area (Å²) in [5.74, 6) is 0.159. The lowest BCUT2D eigenvalue weighted by Crippen LogP contribution is -2.19. The van der Waals surface area contributed by atoms with Gasteiger partial charge in [0, 0.05) is 7.05 Å². The number of azo groups is 1. The number of hydrogen-bond donors (Lipinski definition) is 1. The maximum Gasteiger partial charge on any atom is 0.299 e. The van der Waals surface area contributed by atoms with Crippen molar-refractivity contribution in [3.05, 3.63) is 70.6 Å². The van der Waals surface area contributed by atoms with Crippen LogP contribution < -0.4 is 5.56 Å². The fourth-order valence-corrected chi connectivity index (χ4v) is 2.30. The molecule has 2 aromatic carbocycles. The maximum atomic E-state index is 12.6. The molecule has 116 valence electrons. The summed E-state index contributed by atoms with van der Waals surface area (Å²) >= 11 is 0. The van der Waals surface area contributed by atoms with Crippen LogP contribution in [0.3, 0.4) is 0 Å². The molecular weight excluding hydrogens is 292 g/mol. The molecule has 0 radical (unpaired) electrons. The van der Waals surface area contributed by atoms with E-state index in [0.29, 0.717) is 11.4 Å². The van der Waals surface area contributed by atoms with E-state index >= 15 is 0 Å². The minimum absolute atomic E-state index is 0.159. The minimum atomic E-state index is -0.223. The van der Waals surface area contributed by atoms with Crippen LogP contribution >= 0.6 is 0 Å². The zero-order chi connectivity index (χ0) is 16.4. The zero-order valence-electron chi connectivity index (χ0n) is 12.8. The average molecular weight is 308 g/mol. The molecule has 0 aliphatic heterocycles. The molecule has 0 saturated carbocycles. The second kappa shape index (κ2) is 5.92. The summed E-state index contributed by atoms with van der Waals surface area (Å²) in [6, 6.07) is 15.7. The van der Waals surface area contributed by atoms with Crippen LogP contribution in [0.2, 0.25) is 0 Å². The Morgan fingerprint density at radius 2 is 1.61 bits per heavy atom. The Bertz CT molecular complexity index is 906. The van der Waals surface area contributed by atoms with Gasteiger partial charge in [-0.1, -0.05) is 18.2 Å². The number of benzene rings is 2. The van der Waals surface area contributed by atoms with Crippen LogP contribution in [0.25, 0.3) is 5.69 Å². The van der Waals surface area contributed by atoms with Gasteiger partial charge < -0.3 is 5.11 Å². The number of hydrogen-bond acceptors (Lipinski definition) is 4. The molecule has 6 heteroatoms. The quantitative estimate of drug-likeness (QED) is 0.751. The zero-order valence-corrected chi connectivity index (χ0v) is 12.8. The van der Waals surface area contributed by atoms with Crippen molar-refractivity contribution in [2.75, 3.05) is 0 Å². The number of phenols is 1. The number of phenolic OH excluding ortho intramolecular Hbond substituents is 1. The van der Waals surface area contributed by atoms with Gasteiger partial charge >= 0.3 is 0 Å². The van der Waals surface area contributed by atoms with E-state index in [1.807, 2.05) is 44.3 Å². The van der Waals surface area contributed by atoms with Gasteiger partial charge in [0.1, 0.15) is 5.75 Å². The topological polar surface area (TPSA) is 71.9 Å². The van der Waals surface area contributed by atoms with E-state index in [-0.39, 0.29) is 11.3 Å². The van der Waals surface area contributed by atoms with Gasteiger partial charge in [-0.05, 0) is 43.3 Å². The summed E-state index contributed by atoms with van der Waals surface area (Å²) in [4.78, 5) is 12.6. The Morgan fingerprint density at radius 3 is 2.26 bits per heavy atom. The number of para-hydroxylation sites is 1. The van der Waals surface area contributed by atoms with Crippen molar-refractivity contribution in [1.82, 2.24) is 9.36 Å². The van der Waals surface area contributed by atoms with Crippen molar-refractivity contribution in [2.45, 2.75) is 6.92 Å². The molecular formula is C17H16N4O2. The van der Waals surface area contributed by atoms with Crippen LogP contribution in [-0.2, 0) is 7.05 Å². The fraction of sp³-hybridized carbons (Fsp3) is 0.118. The van der Waals surface area contributed by atoms with Crippen LogP contribution in [0.4, 0.5) is 11.4 Å². The molecule has 0 fully saturated rings. The first-order valence-corrected chi connectivity index (χ1v) is 7.13. The Hall–Kier alpha value is -3.15. The summed E-state index contributed by atoms with van der Waals surface area (Å²) in [6.07, 6.45) is 0. The van der Waals surface area contributed by atoms with Gasteiger partial charge in [0.05, 0.1) is 17.1 Å². The predicted octanol–water partition coefficient (Wildman–Crippen LogP) is 3.61. The standard InChI is InChI=1S/C17H16N4O2/c1-12-16(19-18-13-8-10-15(22)11-9-13)17(23)21(20(12)2)14-6-4-3-5-7-14/h3-11,22H,1-2H3. The molecule has 0 aliphatic rings. The Kier molecular flexibility index (Phi) is 3.80. The van der Waals surface area contributed by atoms with Gasteiger partial charge in [-0.2, -0.15) is 5.11 Å². The minimum Gasteiger partial charge on any atom is -0.508 e. The molecule has 1 N–H and O–H groups in total. The number of aromatic hydroxyl groups is 1. The molecule has 0 spiro atoms. The van der Waals surface area contributed by atoms with Gasteiger partial charge in [-0.3, -0.25) is 9.48 Å². The fourth-order valence-electron chi connectivity index (χ4n) is 2.30. The number of aromatic nitrogens is 2. The van der Waals surface area contributed by atoms with Crippen molar-refractivity contribution in [1.29, 1.82) is 0 Å². The number of nitrogens with zero attached hydrogens (tertiary/aromatic N) is 4. The SMILES string of the molecule is Cc1c(N=Nc2ccc(O)cc2)c(=O)n(-c2ccccc2)n1C. The molecule has 0 bridgehead atoms. The highest BCUT2D eigenvalue weighted by Crippen LogP contribution is 2.21. The van der Waals surface area contributed by atoms with Crippen LogP contribution in [0.15, 0.2) is 69.6 Å². The van der Waals surface area contributed by atoms with Crippen LogP contribution in [0.1, 0.15) is 5.69 Å². The van der Waals surface area contributed by atoms with E-state index in [4.69, 9.17) is 0 Å². The van der Waals surface area contributed by atoms with E-state index < -0.39 is 0 Å².